The van der Waals surface area contributed by atoms with E-state index >= 15 is 0 Å². The van der Waals surface area contributed by atoms with Gasteiger partial charge in [-0.2, -0.15) is 0 Å². The Morgan fingerprint density at radius 2 is 1.94 bits per heavy atom. The van der Waals surface area contributed by atoms with Gasteiger partial charge in [0.25, 0.3) is 0 Å². The molecule has 0 bridgehead atoms. The lowest BCUT2D eigenvalue weighted by Gasteiger charge is -2.33. The summed E-state index contributed by atoms with van der Waals surface area (Å²) in [5, 5.41) is 3.20. The molecule has 1 atom stereocenters. The van der Waals surface area contributed by atoms with Crippen LogP contribution in [0.5, 0.6) is 0 Å². The molecule has 0 aromatic carbocycles. The number of rotatable bonds is 6. The summed E-state index contributed by atoms with van der Waals surface area (Å²) in [7, 11) is 0. The van der Waals surface area contributed by atoms with Gasteiger partial charge < -0.3 is 19.5 Å². The fraction of sp³-hybridized carbons (Fsp3) is 0.542. The van der Waals surface area contributed by atoms with Gasteiger partial charge in [-0.05, 0) is 76.0 Å². The van der Waals surface area contributed by atoms with Crippen LogP contribution in [0.15, 0.2) is 36.7 Å². The maximum Gasteiger partial charge on any atom is 0.224 e. The molecule has 7 heteroatoms. The Morgan fingerprint density at radius 1 is 1.06 bits per heavy atom. The van der Waals surface area contributed by atoms with Gasteiger partial charge in [0.2, 0.25) is 5.91 Å². The van der Waals surface area contributed by atoms with E-state index in [0.29, 0.717) is 6.54 Å². The predicted octanol–water partition coefficient (Wildman–Crippen LogP) is 3.09. The van der Waals surface area contributed by atoms with Crippen LogP contribution in [0.4, 0.5) is 5.82 Å². The minimum atomic E-state index is 0.0139. The maximum atomic E-state index is 12.9. The van der Waals surface area contributed by atoms with Gasteiger partial charge in [0.05, 0.1) is 17.0 Å². The zero-order valence-corrected chi connectivity index (χ0v) is 18.2. The Hall–Kier alpha value is -2.67. The first-order chi connectivity index (χ1) is 15.3. The van der Waals surface area contributed by atoms with Crippen LogP contribution in [0.25, 0.3) is 16.7 Å². The standard InChI is InChI=1S/C24H32N6O/c31-24(26-12-7-15-28-13-2-1-3-14-28)19-8-5-16-29(18-19)23-21-10-6-17-30(21)20-9-4-11-25-22(20)27-23/h4,6,9-11,17,19H,1-3,5,7-8,12-16,18H2,(H,26,31)/t19-/m1/s1. The first-order valence-electron chi connectivity index (χ1n) is 11.8. The fourth-order valence-corrected chi connectivity index (χ4v) is 5.05. The van der Waals surface area contributed by atoms with Gasteiger partial charge >= 0.3 is 0 Å². The van der Waals surface area contributed by atoms with Crippen LogP contribution in [0.3, 0.4) is 0 Å². The fourth-order valence-electron chi connectivity index (χ4n) is 5.05. The van der Waals surface area contributed by atoms with Crippen molar-refractivity contribution < 1.29 is 4.79 Å². The molecule has 2 aliphatic heterocycles. The highest BCUT2D eigenvalue weighted by Crippen LogP contribution is 2.28. The highest BCUT2D eigenvalue weighted by atomic mass is 16.1. The molecule has 5 heterocycles. The summed E-state index contributed by atoms with van der Waals surface area (Å²) in [4.78, 5) is 27.0. The molecule has 5 rings (SSSR count). The number of carbonyl (C=O) groups excluding carboxylic acids is 1. The van der Waals surface area contributed by atoms with Crippen LogP contribution in [0.1, 0.15) is 38.5 Å². The Balaban J connectivity index is 1.23. The van der Waals surface area contributed by atoms with E-state index in [1.165, 1.54) is 32.4 Å². The largest absolute Gasteiger partial charge is 0.356 e. The van der Waals surface area contributed by atoms with Gasteiger partial charge in [-0.1, -0.05) is 6.42 Å². The molecule has 0 radical (unpaired) electrons. The number of aromatic nitrogens is 3. The molecular formula is C24H32N6O. The monoisotopic (exact) mass is 420 g/mol. The van der Waals surface area contributed by atoms with Crippen molar-refractivity contribution in [2.45, 2.75) is 38.5 Å². The van der Waals surface area contributed by atoms with Crippen LogP contribution >= 0.6 is 0 Å². The number of fused-ring (bicyclic) bond motifs is 3. The van der Waals surface area contributed by atoms with E-state index < -0.39 is 0 Å². The van der Waals surface area contributed by atoms with Crippen molar-refractivity contribution in [3.63, 3.8) is 0 Å². The number of carbonyl (C=O) groups is 1. The summed E-state index contributed by atoms with van der Waals surface area (Å²) in [5.74, 6) is 1.13. The molecule has 3 aromatic rings. The van der Waals surface area contributed by atoms with Crippen LogP contribution in [0.2, 0.25) is 0 Å². The first-order valence-corrected chi connectivity index (χ1v) is 11.8. The molecular weight excluding hydrogens is 388 g/mol. The molecule has 2 saturated heterocycles. The van der Waals surface area contributed by atoms with Gasteiger partial charge in [0.15, 0.2) is 11.5 Å². The second kappa shape index (κ2) is 9.22. The third kappa shape index (κ3) is 4.37. The van der Waals surface area contributed by atoms with Gasteiger partial charge in [0.1, 0.15) is 0 Å². The maximum absolute atomic E-state index is 12.9. The number of hydrogen-bond donors (Lipinski definition) is 1. The summed E-state index contributed by atoms with van der Waals surface area (Å²) in [6.07, 6.45) is 10.8. The molecule has 3 aromatic heterocycles. The number of pyridine rings is 1. The average Bonchev–Trinajstić information content (AvgIpc) is 3.32. The summed E-state index contributed by atoms with van der Waals surface area (Å²) >= 11 is 0. The Kier molecular flexibility index (Phi) is 6.02. The molecule has 0 saturated carbocycles. The van der Waals surface area contributed by atoms with Gasteiger partial charge in [-0.3, -0.25) is 4.79 Å². The van der Waals surface area contributed by atoms with E-state index in [1.54, 1.807) is 6.20 Å². The number of nitrogens with zero attached hydrogens (tertiary/aromatic N) is 5. The third-order valence-electron chi connectivity index (χ3n) is 6.71. The molecule has 1 amide bonds. The normalized spacial score (nSPS) is 20.4. The third-order valence-corrected chi connectivity index (χ3v) is 6.71. The lowest BCUT2D eigenvalue weighted by Crippen LogP contribution is -2.44. The van der Waals surface area contributed by atoms with Crippen LogP contribution in [-0.2, 0) is 4.79 Å². The van der Waals surface area contributed by atoms with Crippen molar-refractivity contribution in [2.75, 3.05) is 44.2 Å². The molecule has 2 fully saturated rings. The lowest BCUT2D eigenvalue weighted by atomic mass is 9.97. The Morgan fingerprint density at radius 3 is 2.84 bits per heavy atom. The molecule has 0 unspecified atom stereocenters. The van der Waals surface area contributed by atoms with Crippen molar-refractivity contribution >= 4 is 28.4 Å². The molecule has 0 aliphatic carbocycles. The van der Waals surface area contributed by atoms with Crippen molar-refractivity contribution in [1.29, 1.82) is 0 Å². The summed E-state index contributed by atoms with van der Waals surface area (Å²) in [6.45, 7) is 5.93. The van der Waals surface area contributed by atoms with Crippen LogP contribution in [-0.4, -0.2) is 64.4 Å². The lowest BCUT2D eigenvalue weighted by molar-refractivity contribution is -0.125. The van der Waals surface area contributed by atoms with E-state index in [9.17, 15) is 4.79 Å². The molecule has 2 aliphatic rings. The zero-order chi connectivity index (χ0) is 21.0. The van der Waals surface area contributed by atoms with Crippen molar-refractivity contribution in [3.05, 3.63) is 36.7 Å². The molecule has 31 heavy (non-hydrogen) atoms. The molecule has 1 N–H and O–H groups in total. The van der Waals surface area contributed by atoms with Crippen molar-refractivity contribution in [1.82, 2.24) is 24.6 Å². The van der Waals surface area contributed by atoms with E-state index in [0.717, 1.165) is 61.4 Å². The quantitative estimate of drug-likeness (QED) is 0.621. The molecule has 0 spiro atoms. The van der Waals surface area contributed by atoms with E-state index in [1.807, 2.05) is 18.2 Å². The van der Waals surface area contributed by atoms with Crippen molar-refractivity contribution in [3.8, 4) is 0 Å². The van der Waals surface area contributed by atoms with Crippen LogP contribution < -0.4 is 10.2 Å². The average molecular weight is 421 g/mol. The number of piperidine rings is 2. The summed E-state index contributed by atoms with van der Waals surface area (Å²) in [5.41, 5.74) is 2.82. The van der Waals surface area contributed by atoms with Crippen LogP contribution in [0, 0.1) is 5.92 Å². The van der Waals surface area contributed by atoms with Gasteiger partial charge in [-0.15, -0.1) is 0 Å². The van der Waals surface area contributed by atoms with Gasteiger partial charge in [0, 0.05) is 32.0 Å². The molecule has 164 valence electrons. The Bertz CT molecular complexity index is 1040. The topological polar surface area (TPSA) is 65.8 Å². The number of anilines is 1. The van der Waals surface area contributed by atoms with Crippen molar-refractivity contribution in [2.24, 2.45) is 5.92 Å². The zero-order valence-electron chi connectivity index (χ0n) is 18.2. The second-order valence-electron chi connectivity index (χ2n) is 8.88. The minimum absolute atomic E-state index is 0.0139. The van der Waals surface area contributed by atoms with E-state index in [2.05, 4.69) is 36.8 Å². The summed E-state index contributed by atoms with van der Waals surface area (Å²) in [6, 6.07) is 8.13. The first kappa shape index (κ1) is 20.2. The summed E-state index contributed by atoms with van der Waals surface area (Å²) < 4.78 is 2.15. The second-order valence-corrected chi connectivity index (χ2v) is 8.88. The predicted molar refractivity (Wildman–Crippen MR) is 123 cm³/mol. The van der Waals surface area contributed by atoms with Gasteiger partial charge in [-0.25, -0.2) is 9.97 Å². The minimum Gasteiger partial charge on any atom is -0.356 e. The Labute approximate surface area is 183 Å². The number of hydrogen-bond acceptors (Lipinski definition) is 5. The number of likely N-dealkylation sites (tertiary alicyclic amines) is 1. The molecule has 7 nitrogen and oxygen atoms in total. The number of amides is 1. The highest BCUT2D eigenvalue weighted by Gasteiger charge is 2.28. The number of nitrogens with one attached hydrogen (secondary N) is 1. The smallest absolute Gasteiger partial charge is 0.224 e. The highest BCUT2D eigenvalue weighted by molar-refractivity contribution is 5.84. The van der Waals surface area contributed by atoms with E-state index in [-0.39, 0.29) is 11.8 Å². The SMILES string of the molecule is O=C(NCCCN1CCCCC1)[C@@H]1CCCN(c2nc3ncccc3n3cccc23)C1. The van der Waals surface area contributed by atoms with E-state index in [4.69, 9.17) is 4.98 Å².